The van der Waals surface area contributed by atoms with Crippen molar-refractivity contribution >= 4 is 33.2 Å². The molecule has 0 bridgehead atoms. The lowest BCUT2D eigenvalue weighted by Crippen LogP contribution is -2.46. The molecule has 22 heavy (non-hydrogen) atoms. The third-order valence-corrected chi connectivity index (χ3v) is 6.64. The second kappa shape index (κ2) is 7.49. The molecule has 1 aliphatic heterocycles. The van der Waals surface area contributed by atoms with Gasteiger partial charge in [0.1, 0.15) is 0 Å². The van der Waals surface area contributed by atoms with E-state index in [1.54, 1.807) is 12.1 Å². The van der Waals surface area contributed by atoms with Gasteiger partial charge in [-0.05, 0) is 44.4 Å². The first kappa shape index (κ1) is 18.0. The van der Waals surface area contributed by atoms with Gasteiger partial charge in [-0.1, -0.05) is 29.3 Å². The molecule has 124 valence electrons. The molecule has 1 N–H and O–H groups in total. The zero-order valence-corrected chi connectivity index (χ0v) is 15.0. The molecule has 7 heteroatoms. The topological polar surface area (TPSA) is 55.4 Å². The average molecular weight is 366 g/mol. The fraction of sp³-hybridized carbons (Fsp3) is 0.600. The van der Waals surface area contributed by atoms with Crippen LogP contribution >= 0.6 is 23.2 Å². The normalized spacial score (nSPS) is 23.0. The summed E-state index contributed by atoms with van der Waals surface area (Å²) in [5, 5.41) is 0.532. The van der Waals surface area contributed by atoms with E-state index < -0.39 is 15.3 Å². The summed E-state index contributed by atoms with van der Waals surface area (Å²) in [4.78, 5) is 0. The number of hydrogen-bond acceptors (Lipinski definition) is 3. The van der Waals surface area contributed by atoms with E-state index >= 15 is 0 Å². The molecule has 0 unspecified atom stereocenters. The van der Waals surface area contributed by atoms with Gasteiger partial charge in [0.15, 0.2) is 0 Å². The van der Waals surface area contributed by atoms with Crippen LogP contribution in [0.4, 0.5) is 0 Å². The fourth-order valence-electron chi connectivity index (χ4n) is 2.76. The van der Waals surface area contributed by atoms with Crippen LogP contribution in [0.3, 0.4) is 0 Å². The number of rotatable bonds is 5. The molecule has 0 radical (unpaired) electrons. The molecule has 1 fully saturated rings. The zero-order chi connectivity index (χ0) is 16.3. The Hall–Kier alpha value is -0.330. The third kappa shape index (κ3) is 4.59. The SMILES string of the molecule is CC(C)NS(=O)(=O)[C@H]1CCOC[C@@H]1Cc1ccc(Cl)c(Cl)c1. The van der Waals surface area contributed by atoms with Crippen molar-refractivity contribution in [3.63, 3.8) is 0 Å². The van der Waals surface area contributed by atoms with E-state index in [1.165, 1.54) is 0 Å². The van der Waals surface area contributed by atoms with E-state index in [2.05, 4.69) is 4.72 Å². The molecular formula is C15H21Cl2NO3S. The van der Waals surface area contributed by atoms with Crippen LogP contribution in [0.5, 0.6) is 0 Å². The van der Waals surface area contributed by atoms with Gasteiger partial charge in [0.05, 0.1) is 21.9 Å². The largest absolute Gasteiger partial charge is 0.381 e. The highest BCUT2D eigenvalue weighted by atomic mass is 35.5. The summed E-state index contributed by atoms with van der Waals surface area (Å²) in [6.07, 6.45) is 1.11. The van der Waals surface area contributed by atoms with Crippen LogP contribution in [0, 0.1) is 5.92 Å². The number of benzene rings is 1. The summed E-state index contributed by atoms with van der Waals surface area (Å²) in [5.41, 5.74) is 0.967. The first-order chi connectivity index (χ1) is 10.3. The van der Waals surface area contributed by atoms with E-state index in [9.17, 15) is 8.42 Å². The van der Waals surface area contributed by atoms with Crippen molar-refractivity contribution in [2.45, 2.75) is 38.0 Å². The molecule has 1 aromatic carbocycles. The monoisotopic (exact) mass is 365 g/mol. The van der Waals surface area contributed by atoms with Crippen LogP contribution in [-0.4, -0.2) is 32.9 Å². The Kier molecular flexibility index (Phi) is 6.14. The lowest BCUT2D eigenvalue weighted by atomic mass is 9.93. The summed E-state index contributed by atoms with van der Waals surface area (Å²) in [6, 6.07) is 5.29. The fourth-order valence-corrected chi connectivity index (χ4v) is 5.00. The molecule has 1 saturated heterocycles. The smallest absolute Gasteiger partial charge is 0.215 e. The summed E-state index contributed by atoms with van der Waals surface area (Å²) < 4.78 is 33.2. The molecule has 0 spiro atoms. The van der Waals surface area contributed by atoms with Gasteiger partial charge in [0.2, 0.25) is 10.0 Å². The van der Waals surface area contributed by atoms with Crippen LogP contribution in [0.1, 0.15) is 25.8 Å². The average Bonchev–Trinajstić information content (AvgIpc) is 2.42. The number of nitrogens with one attached hydrogen (secondary N) is 1. The van der Waals surface area contributed by atoms with Crippen LogP contribution in [0.15, 0.2) is 18.2 Å². The van der Waals surface area contributed by atoms with E-state index in [4.69, 9.17) is 27.9 Å². The van der Waals surface area contributed by atoms with Gasteiger partial charge in [-0.15, -0.1) is 0 Å². The van der Waals surface area contributed by atoms with Crippen molar-refractivity contribution in [3.8, 4) is 0 Å². The van der Waals surface area contributed by atoms with Gasteiger partial charge >= 0.3 is 0 Å². The van der Waals surface area contributed by atoms with Gasteiger partial charge in [-0.25, -0.2) is 13.1 Å². The Morgan fingerprint density at radius 3 is 2.68 bits per heavy atom. The Morgan fingerprint density at radius 1 is 1.32 bits per heavy atom. The molecule has 0 aliphatic carbocycles. The van der Waals surface area contributed by atoms with E-state index in [0.717, 1.165) is 5.56 Å². The zero-order valence-electron chi connectivity index (χ0n) is 12.7. The van der Waals surface area contributed by atoms with Gasteiger partial charge in [0, 0.05) is 18.6 Å². The highest BCUT2D eigenvalue weighted by Crippen LogP contribution is 2.28. The second-order valence-electron chi connectivity index (χ2n) is 5.93. The number of halogens is 2. The molecule has 0 saturated carbocycles. The minimum atomic E-state index is -3.36. The van der Waals surface area contributed by atoms with Gasteiger partial charge in [-0.2, -0.15) is 0 Å². The van der Waals surface area contributed by atoms with Crippen molar-refractivity contribution in [1.82, 2.24) is 4.72 Å². The maximum Gasteiger partial charge on any atom is 0.215 e. The molecule has 0 aromatic heterocycles. The molecule has 2 rings (SSSR count). The molecule has 0 amide bonds. The first-order valence-corrected chi connectivity index (χ1v) is 9.62. The molecular weight excluding hydrogens is 345 g/mol. The first-order valence-electron chi connectivity index (χ1n) is 7.32. The molecule has 1 aliphatic rings. The lowest BCUT2D eigenvalue weighted by molar-refractivity contribution is 0.0569. The molecule has 1 aromatic rings. The van der Waals surface area contributed by atoms with E-state index in [-0.39, 0.29) is 12.0 Å². The number of sulfonamides is 1. The molecule has 1 heterocycles. The minimum Gasteiger partial charge on any atom is -0.381 e. The van der Waals surface area contributed by atoms with E-state index in [0.29, 0.717) is 36.1 Å². The summed E-state index contributed by atoms with van der Waals surface area (Å²) >= 11 is 12.0. The minimum absolute atomic E-state index is 0.0951. The van der Waals surface area contributed by atoms with Crippen LogP contribution in [0.2, 0.25) is 10.0 Å². The third-order valence-electron chi connectivity index (χ3n) is 3.68. The van der Waals surface area contributed by atoms with Gasteiger partial charge < -0.3 is 4.74 Å². The molecule has 4 nitrogen and oxygen atoms in total. The van der Waals surface area contributed by atoms with Gasteiger partial charge in [0.25, 0.3) is 0 Å². The van der Waals surface area contributed by atoms with Gasteiger partial charge in [-0.3, -0.25) is 0 Å². The molecule has 2 atom stereocenters. The Labute approximate surface area is 142 Å². The summed E-state index contributed by atoms with van der Waals surface area (Å²) in [7, 11) is -3.36. The van der Waals surface area contributed by atoms with Crippen LogP contribution in [-0.2, 0) is 21.2 Å². The number of ether oxygens (including phenoxy) is 1. The Morgan fingerprint density at radius 2 is 2.05 bits per heavy atom. The number of hydrogen-bond donors (Lipinski definition) is 1. The quantitative estimate of drug-likeness (QED) is 0.870. The van der Waals surface area contributed by atoms with E-state index in [1.807, 2.05) is 19.9 Å². The lowest BCUT2D eigenvalue weighted by Gasteiger charge is -2.32. The van der Waals surface area contributed by atoms with Crippen molar-refractivity contribution < 1.29 is 13.2 Å². The maximum atomic E-state index is 12.5. The van der Waals surface area contributed by atoms with Crippen molar-refractivity contribution in [2.24, 2.45) is 5.92 Å². The highest BCUT2D eigenvalue weighted by molar-refractivity contribution is 7.90. The van der Waals surface area contributed by atoms with Crippen molar-refractivity contribution in [2.75, 3.05) is 13.2 Å². The van der Waals surface area contributed by atoms with Crippen molar-refractivity contribution in [1.29, 1.82) is 0 Å². The predicted molar refractivity (Wildman–Crippen MR) is 90.1 cm³/mol. The Balaban J connectivity index is 2.17. The standard InChI is InChI=1S/C15H21Cl2NO3S/c1-10(2)18-22(19,20)15-5-6-21-9-12(15)7-11-3-4-13(16)14(17)8-11/h3-4,8,10,12,15,18H,5-7,9H2,1-2H3/t12-,15-/m0/s1. The maximum absolute atomic E-state index is 12.5. The Bertz CT molecular complexity index is 619. The van der Waals surface area contributed by atoms with Crippen LogP contribution in [0.25, 0.3) is 0 Å². The predicted octanol–water partition coefficient (Wildman–Crippen LogP) is 3.27. The van der Waals surface area contributed by atoms with Crippen molar-refractivity contribution in [3.05, 3.63) is 33.8 Å². The highest BCUT2D eigenvalue weighted by Gasteiger charge is 2.36. The summed E-state index contributed by atoms with van der Waals surface area (Å²) in [5.74, 6) is -0.0951. The van der Waals surface area contributed by atoms with Crippen LogP contribution < -0.4 is 4.72 Å². The summed E-state index contributed by atoms with van der Waals surface area (Å²) in [6.45, 7) is 4.56. The second-order valence-corrected chi connectivity index (χ2v) is 8.68.